The number of nitrogens with one attached hydrogen (secondary N) is 1. The summed E-state index contributed by atoms with van der Waals surface area (Å²) < 4.78 is 10.1. The van der Waals surface area contributed by atoms with E-state index in [1.165, 1.54) is 5.56 Å². The number of fused-ring (bicyclic) bond motifs is 1. The molecule has 1 atom stereocenters. The summed E-state index contributed by atoms with van der Waals surface area (Å²) in [5.74, 6) is 0.955. The van der Waals surface area contributed by atoms with Gasteiger partial charge in [-0.05, 0) is 24.0 Å². The Kier molecular flexibility index (Phi) is 4.48. The van der Waals surface area contributed by atoms with Gasteiger partial charge in [0.15, 0.2) is 5.82 Å². The van der Waals surface area contributed by atoms with E-state index in [9.17, 15) is 4.79 Å². The molecular weight excluding hydrogens is 282 g/mol. The second kappa shape index (κ2) is 6.70. The molecule has 1 aliphatic carbocycles. The molecule has 1 aliphatic rings. The number of nitrogens with zero attached hydrogens (tertiary/aromatic N) is 2. The highest BCUT2D eigenvalue weighted by Gasteiger charge is 2.28. The predicted octanol–water partition coefficient (Wildman–Crippen LogP) is 1.60. The number of hydrogen-bond donors (Lipinski definition) is 1. The number of carbonyl (C=O) groups excluding carboxylic acids is 1. The van der Waals surface area contributed by atoms with E-state index in [0.717, 1.165) is 18.4 Å². The van der Waals surface area contributed by atoms with Gasteiger partial charge in [0, 0.05) is 13.5 Å². The van der Waals surface area contributed by atoms with Gasteiger partial charge in [-0.1, -0.05) is 29.4 Å². The van der Waals surface area contributed by atoms with Crippen molar-refractivity contribution in [1.29, 1.82) is 0 Å². The van der Waals surface area contributed by atoms with E-state index in [1.807, 2.05) is 18.2 Å². The average molecular weight is 301 g/mol. The summed E-state index contributed by atoms with van der Waals surface area (Å²) in [6, 6.07) is 8.11. The van der Waals surface area contributed by atoms with Crippen LogP contribution in [0.1, 0.15) is 35.2 Å². The summed E-state index contributed by atoms with van der Waals surface area (Å²) in [5, 5.41) is 6.73. The van der Waals surface area contributed by atoms with Crippen LogP contribution in [-0.4, -0.2) is 29.8 Å². The maximum atomic E-state index is 12.3. The average Bonchev–Trinajstić information content (AvgIpc) is 3.17. The molecule has 1 heterocycles. The van der Waals surface area contributed by atoms with Crippen LogP contribution in [0.2, 0.25) is 0 Å². The van der Waals surface area contributed by atoms with E-state index in [4.69, 9.17) is 9.26 Å². The van der Waals surface area contributed by atoms with Crippen molar-refractivity contribution in [2.24, 2.45) is 0 Å². The lowest BCUT2D eigenvalue weighted by Crippen LogP contribution is -2.28. The lowest BCUT2D eigenvalue weighted by molar-refractivity contribution is -0.122. The lowest BCUT2D eigenvalue weighted by atomic mass is 10.0. The van der Waals surface area contributed by atoms with Crippen molar-refractivity contribution in [3.8, 4) is 0 Å². The molecule has 0 bridgehead atoms. The summed E-state index contributed by atoms with van der Waals surface area (Å²) in [7, 11) is 1.63. The van der Waals surface area contributed by atoms with Crippen molar-refractivity contribution in [2.75, 3.05) is 13.7 Å². The zero-order chi connectivity index (χ0) is 15.4. The van der Waals surface area contributed by atoms with E-state index in [0.29, 0.717) is 24.7 Å². The molecule has 6 heteroatoms. The molecule has 0 saturated heterocycles. The van der Waals surface area contributed by atoms with Gasteiger partial charge in [0.05, 0.1) is 19.1 Å². The number of rotatable bonds is 6. The molecular formula is C16H19N3O3. The molecule has 22 heavy (non-hydrogen) atoms. The zero-order valence-electron chi connectivity index (χ0n) is 12.5. The molecule has 0 aliphatic heterocycles. The molecule has 1 N–H and O–H groups in total. The Morgan fingerprint density at radius 1 is 1.45 bits per heavy atom. The van der Waals surface area contributed by atoms with Gasteiger partial charge in [0.1, 0.15) is 0 Å². The molecule has 6 nitrogen and oxygen atoms in total. The number of benzene rings is 1. The zero-order valence-corrected chi connectivity index (χ0v) is 12.5. The SMILES string of the molecule is COCCc1noc(CNC(=O)[C@@H]2CCc3ccccc32)n1. The van der Waals surface area contributed by atoms with E-state index in [1.54, 1.807) is 7.11 Å². The summed E-state index contributed by atoms with van der Waals surface area (Å²) in [5.41, 5.74) is 2.40. The van der Waals surface area contributed by atoms with Crippen LogP contribution in [0, 0.1) is 0 Å². The summed E-state index contributed by atoms with van der Waals surface area (Å²) in [4.78, 5) is 16.6. The van der Waals surface area contributed by atoms with E-state index >= 15 is 0 Å². The van der Waals surface area contributed by atoms with Crippen molar-refractivity contribution < 1.29 is 14.1 Å². The summed E-state index contributed by atoms with van der Waals surface area (Å²) in [6.45, 7) is 0.807. The van der Waals surface area contributed by atoms with Gasteiger partial charge in [-0.3, -0.25) is 4.79 Å². The van der Waals surface area contributed by atoms with Crippen LogP contribution in [-0.2, 0) is 28.9 Å². The van der Waals surface area contributed by atoms with Crippen LogP contribution in [0.3, 0.4) is 0 Å². The fourth-order valence-corrected chi connectivity index (χ4v) is 2.77. The Balaban J connectivity index is 1.56. The van der Waals surface area contributed by atoms with Crippen molar-refractivity contribution >= 4 is 5.91 Å². The van der Waals surface area contributed by atoms with Crippen LogP contribution < -0.4 is 5.32 Å². The Morgan fingerprint density at radius 3 is 3.18 bits per heavy atom. The van der Waals surface area contributed by atoms with E-state index in [-0.39, 0.29) is 18.4 Å². The van der Waals surface area contributed by atoms with Gasteiger partial charge in [-0.2, -0.15) is 4.98 Å². The van der Waals surface area contributed by atoms with E-state index in [2.05, 4.69) is 21.5 Å². The second-order valence-electron chi connectivity index (χ2n) is 5.36. The first-order valence-electron chi connectivity index (χ1n) is 7.44. The molecule has 1 amide bonds. The fraction of sp³-hybridized carbons (Fsp3) is 0.438. The number of aryl methyl sites for hydroxylation is 1. The third-order valence-corrected chi connectivity index (χ3v) is 3.90. The minimum absolute atomic E-state index is 0.0154. The lowest BCUT2D eigenvalue weighted by Gasteiger charge is -2.10. The largest absolute Gasteiger partial charge is 0.384 e. The number of aromatic nitrogens is 2. The number of amides is 1. The topological polar surface area (TPSA) is 77.3 Å². The van der Waals surface area contributed by atoms with Gasteiger partial charge in [0.25, 0.3) is 0 Å². The maximum absolute atomic E-state index is 12.3. The van der Waals surface area contributed by atoms with E-state index < -0.39 is 0 Å². The number of ether oxygens (including phenoxy) is 1. The number of hydrogen-bond acceptors (Lipinski definition) is 5. The van der Waals surface area contributed by atoms with Crippen LogP contribution in [0.25, 0.3) is 0 Å². The third kappa shape index (κ3) is 3.17. The molecule has 2 aromatic rings. The predicted molar refractivity (Wildman–Crippen MR) is 79.2 cm³/mol. The Bertz CT molecular complexity index is 654. The first kappa shape index (κ1) is 14.7. The van der Waals surface area contributed by atoms with Crippen LogP contribution in [0.5, 0.6) is 0 Å². The molecule has 0 spiro atoms. The quantitative estimate of drug-likeness (QED) is 0.877. The van der Waals surface area contributed by atoms with Gasteiger partial charge in [-0.25, -0.2) is 0 Å². The standard InChI is InChI=1S/C16H19N3O3/c1-21-9-8-14-18-15(22-19-14)10-17-16(20)13-7-6-11-4-2-3-5-12(11)13/h2-5,13H,6-10H2,1H3,(H,17,20)/t13-/m1/s1. The highest BCUT2D eigenvalue weighted by molar-refractivity contribution is 5.84. The molecule has 0 saturated carbocycles. The first-order valence-corrected chi connectivity index (χ1v) is 7.44. The van der Waals surface area contributed by atoms with Crippen LogP contribution >= 0.6 is 0 Å². The molecule has 3 rings (SSSR count). The Morgan fingerprint density at radius 2 is 2.32 bits per heavy atom. The van der Waals surface area contributed by atoms with Gasteiger partial charge >= 0.3 is 0 Å². The smallest absolute Gasteiger partial charge is 0.246 e. The molecule has 116 valence electrons. The molecule has 0 radical (unpaired) electrons. The van der Waals surface area contributed by atoms with Crippen LogP contribution in [0.15, 0.2) is 28.8 Å². The monoisotopic (exact) mass is 301 g/mol. The highest BCUT2D eigenvalue weighted by Crippen LogP contribution is 2.32. The van der Waals surface area contributed by atoms with Gasteiger partial charge in [0.2, 0.25) is 11.8 Å². The van der Waals surface area contributed by atoms with Crippen molar-refractivity contribution in [3.05, 3.63) is 47.1 Å². The molecule has 1 aromatic carbocycles. The van der Waals surface area contributed by atoms with Gasteiger partial charge in [-0.15, -0.1) is 0 Å². The molecule has 0 unspecified atom stereocenters. The fourth-order valence-electron chi connectivity index (χ4n) is 2.77. The Labute approximate surface area is 128 Å². The highest BCUT2D eigenvalue weighted by atomic mass is 16.5. The second-order valence-corrected chi connectivity index (χ2v) is 5.36. The minimum Gasteiger partial charge on any atom is -0.384 e. The first-order chi connectivity index (χ1) is 10.8. The summed E-state index contributed by atoms with van der Waals surface area (Å²) in [6.07, 6.45) is 2.41. The summed E-state index contributed by atoms with van der Waals surface area (Å²) >= 11 is 0. The number of carbonyl (C=O) groups is 1. The van der Waals surface area contributed by atoms with Gasteiger partial charge < -0.3 is 14.6 Å². The van der Waals surface area contributed by atoms with Crippen molar-refractivity contribution in [1.82, 2.24) is 15.5 Å². The van der Waals surface area contributed by atoms with Crippen molar-refractivity contribution in [2.45, 2.75) is 31.7 Å². The van der Waals surface area contributed by atoms with Crippen LogP contribution in [0.4, 0.5) is 0 Å². The molecule has 1 aromatic heterocycles. The maximum Gasteiger partial charge on any atom is 0.246 e. The normalized spacial score (nSPS) is 16.5. The van der Waals surface area contributed by atoms with Crippen molar-refractivity contribution in [3.63, 3.8) is 0 Å². The third-order valence-electron chi connectivity index (χ3n) is 3.90. The molecule has 0 fully saturated rings. The number of methoxy groups -OCH3 is 1. The minimum atomic E-state index is -0.0768. The Hall–Kier alpha value is -2.21.